The number of aryl methyl sites for hydroxylation is 1. The molecule has 0 spiro atoms. The predicted octanol–water partition coefficient (Wildman–Crippen LogP) is 2.61. The Morgan fingerprint density at radius 2 is 2.00 bits per heavy atom. The molecule has 0 unspecified atom stereocenters. The van der Waals surface area contributed by atoms with E-state index >= 15 is 0 Å². The van der Waals surface area contributed by atoms with Crippen molar-refractivity contribution in [2.45, 2.75) is 39.5 Å². The smallest absolute Gasteiger partial charge is 0.131 e. The molecule has 3 N–H and O–H groups in total. The molecular formula is C13H22N4. The maximum atomic E-state index is 5.70. The largest absolute Gasteiger partial charge is 0.384 e. The highest BCUT2D eigenvalue weighted by atomic mass is 15.0. The molecule has 17 heavy (non-hydrogen) atoms. The van der Waals surface area contributed by atoms with Crippen molar-refractivity contribution in [2.75, 3.05) is 17.6 Å². The Balaban J connectivity index is 1.85. The zero-order chi connectivity index (χ0) is 12.3. The number of hydrogen-bond donors (Lipinski definition) is 2. The van der Waals surface area contributed by atoms with Gasteiger partial charge in [-0.15, -0.1) is 0 Å². The van der Waals surface area contributed by atoms with Gasteiger partial charge in [-0.2, -0.15) is 0 Å². The van der Waals surface area contributed by atoms with Crippen molar-refractivity contribution in [3.8, 4) is 0 Å². The van der Waals surface area contributed by atoms with Crippen molar-refractivity contribution in [1.82, 2.24) is 9.97 Å². The molecule has 1 aromatic rings. The van der Waals surface area contributed by atoms with E-state index in [1.807, 2.05) is 6.92 Å². The molecule has 0 bridgehead atoms. The highest BCUT2D eigenvalue weighted by molar-refractivity contribution is 5.44. The minimum Gasteiger partial charge on any atom is -0.384 e. The lowest BCUT2D eigenvalue weighted by atomic mass is 9.83. The highest BCUT2D eigenvalue weighted by Gasteiger charge is 2.17. The van der Waals surface area contributed by atoms with E-state index in [2.05, 4.69) is 22.2 Å². The number of rotatable bonds is 3. The number of nitrogens with two attached hydrogens (primary N) is 1. The first-order valence-electron chi connectivity index (χ1n) is 6.48. The second kappa shape index (κ2) is 5.34. The van der Waals surface area contributed by atoms with Gasteiger partial charge >= 0.3 is 0 Å². The lowest BCUT2D eigenvalue weighted by molar-refractivity contribution is 0.300. The molecule has 94 valence electrons. The second-order valence-corrected chi connectivity index (χ2v) is 5.23. The summed E-state index contributed by atoms with van der Waals surface area (Å²) in [6, 6.07) is 1.80. The van der Waals surface area contributed by atoms with Crippen LogP contribution in [0.15, 0.2) is 6.07 Å². The van der Waals surface area contributed by atoms with Gasteiger partial charge in [0, 0.05) is 12.6 Å². The van der Waals surface area contributed by atoms with Crippen molar-refractivity contribution in [3.05, 3.63) is 11.9 Å². The van der Waals surface area contributed by atoms with Crippen LogP contribution in [0.4, 0.5) is 11.6 Å². The Kier molecular flexibility index (Phi) is 3.82. The number of nitrogen functional groups attached to an aromatic ring is 1. The van der Waals surface area contributed by atoms with Crippen LogP contribution in [0.3, 0.4) is 0 Å². The summed E-state index contributed by atoms with van der Waals surface area (Å²) in [5, 5.41) is 3.38. The van der Waals surface area contributed by atoms with Gasteiger partial charge in [-0.25, -0.2) is 9.97 Å². The zero-order valence-electron chi connectivity index (χ0n) is 10.7. The van der Waals surface area contributed by atoms with Crippen LogP contribution in [-0.2, 0) is 0 Å². The molecule has 4 nitrogen and oxygen atoms in total. The molecule has 0 amide bonds. The molecule has 1 aliphatic carbocycles. The van der Waals surface area contributed by atoms with Gasteiger partial charge in [-0.3, -0.25) is 0 Å². The van der Waals surface area contributed by atoms with Gasteiger partial charge in [0.25, 0.3) is 0 Å². The first-order chi connectivity index (χ1) is 8.13. The molecule has 4 heteroatoms. The summed E-state index contributed by atoms with van der Waals surface area (Å²) in [6.07, 6.45) is 5.37. The van der Waals surface area contributed by atoms with Crippen LogP contribution in [0.1, 0.15) is 38.4 Å². The summed E-state index contributed by atoms with van der Waals surface area (Å²) >= 11 is 0. The lowest BCUT2D eigenvalue weighted by Gasteiger charge is -2.26. The summed E-state index contributed by atoms with van der Waals surface area (Å²) in [5.41, 5.74) is 5.70. The van der Waals surface area contributed by atoms with Gasteiger partial charge in [-0.05, 0) is 31.6 Å². The number of aromatic nitrogens is 2. The predicted molar refractivity (Wildman–Crippen MR) is 70.8 cm³/mol. The van der Waals surface area contributed by atoms with Crippen LogP contribution in [0.5, 0.6) is 0 Å². The Hall–Kier alpha value is -1.32. The zero-order valence-corrected chi connectivity index (χ0v) is 10.7. The third-order valence-electron chi connectivity index (χ3n) is 3.57. The van der Waals surface area contributed by atoms with Crippen molar-refractivity contribution >= 4 is 11.6 Å². The summed E-state index contributed by atoms with van der Waals surface area (Å²) in [6.45, 7) is 5.21. The molecule has 1 fully saturated rings. The first kappa shape index (κ1) is 12.1. The summed E-state index contributed by atoms with van der Waals surface area (Å²) in [4.78, 5) is 8.40. The third kappa shape index (κ3) is 3.58. The van der Waals surface area contributed by atoms with Crippen LogP contribution in [0.25, 0.3) is 0 Å². The fraction of sp³-hybridized carbons (Fsp3) is 0.692. The molecule has 1 aliphatic rings. The number of anilines is 2. The molecule has 1 aromatic heterocycles. The van der Waals surface area contributed by atoms with Gasteiger partial charge in [-0.1, -0.05) is 19.8 Å². The minimum absolute atomic E-state index is 0.539. The van der Waals surface area contributed by atoms with Crippen LogP contribution < -0.4 is 11.1 Å². The SMILES string of the molecule is Cc1nc(N)cc(NCC2CCC(C)CC2)n1. The minimum atomic E-state index is 0.539. The Labute approximate surface area is 103 Å². The highest BCUT2D eigenvalue weighted by Crippen LogP contribution is 2.28. The molecule has 0 saturated heterocycles. The van der Waals surface area contributed by atoms with Crippen molar-refractivity contribution in [2.24, 2.45) is 11.8 Å². The Bertz CT molecular complexity index is 349. The average molecular weight is 234 g/mol. The van der Waals surface area contributed by atoms with Gasteiger partial charge < -0.3 is 11.1 Å². The van der Waals surface area contributed by atoms with Crippen LogP contribution in [0, 0.1) is 18.8 Å². The van der Waals surface area contributed by atoms with Gasteiger partial charge in [0.1, 0.15) is 17.5 Å². The average Bonchev–Trinajstić information content (AvgIpc) is 2.27. The van der Waals surface area contributed by atoms with E-state index in [1.54, 1.807) is 6.07 Å². The summed E-state index contributed by atoms with van der Waals surface area (Å²) in [5.74, 6) is 3.81. The molecular weight excluding hydrogens is 212 g/mol. The van der Waals surface area contributed by atoms with Crippen molar-refractivity contribution < 1.29 is 0 Å². The standard InChI is InChI=1S/C13H22N4/c1-9-3-5-11(6-4-9)8-15-13-7-12(14)16-10(2)17-13/h7,9,11H,3-6,8H2,1-2H3,(H3,14,15,16,17). The molecule has 0 atom stereocenters. The second-order valence-electron chi connectivity index (χ2n) is 5.23. The van der Waals surface area contributed by atoms with E-state index in [4.69, 9.17) is 5.73 Å². The maximum Gasteiger partial charge on any atom is 0.131 e. The molecule has 0 aliphatic heterocycles. The van der Waals surface area contributed by atoms with Crippen molar-refractivity contribution in [3.63, 3.8) is 0 Å². The molecule has 2 rings (SSSR count). The van der Waals surface area contributed by atoms with E-state index < -0.39 is 0 Å². The lowest BCUT2D eigenvalue weighted by Crippen LogP contribution is -2.20. The van der Waals surface area contributed by atoms with E-state index in [0.29, 0.717) is 5.82 Å². The normalized spacial score (nSPS) is 24.6. The third-order valence-corrected chi connectivity index (χ3v) is 3.57. The maximum absolute atomic E-state index is 5.70. The van der Waals surface area contributed by atoms with E-state index in [1.165, 1.54) is 25.7 Å². The van der Waals surface area contributed by atoms with Crippen LogP contribution in [-0.4, -0.2) is 16.5 Å². The van der Waals surface area contributed by atoms with Crippen LogP contribution >= 0.6 is 0 Å². The number of nitrogens with one attached hydrogen (secondary N) is 1. The fourth-order valence-electron chi connectivity index (χ4n) is 2.46. The molecule has 0 radical (unpaired) electrons. The van der Waals surface area contributed by atoms with Gasteiger partial charge in [0.05, 0.1) is 0 Å². The van der Waals surface area contributed by atoms with Crippen LogP contribution in [0.2, 0.25) is 0 Å². The Morgan fingerprint density at radius 1 is 1.29 bits per heavy atom. The molecule has 1 heterocycles. The number of nitrogens with zero attached hydrogens (tertiary/aromatic N) is 2. The van der Waals surface area contributed by atoms with Crippen molar-refractivity contribution in [1.29, 1.82) is 0 Å². The van der Waals surface area contributed by atoms with E-state index in [9.17, 15) is 0 Å². The Morgan fingerprint density at radius 3 is 2.65 bits per heavy atom. The van der Waals surface area contributed by atoms with E-state index in [0.717, 1.165) is 30.0 Å². The molecule has 1 saturated carbocycles. The summed E-state index contributed by atoms with van der Waals surface area (Å²) in [7, 11) is 0. The monoisotopic (exact) mass is 234 g/mol. The molecule has 0 aromatic carbocycles. The summed E-state index contributed by atoms with van der Waals surface area (Å²) < 4.78 is 0. The van der Waals surface area contributed by atoms with Gasteiger partial charge in [0.2, 0.25) is 0 Å². The quantitative estimate of drug-likeness (QED) is 0.843. The number of hydrogen-bond acceptors (Lipinski definition) is 4. The fourth-order valence-corrected chi connectivity index (χ4v) is 2.46. The topological polar surface area (TPSA) is 63.8 Å². The van der Waals surface area contributed by atoms with Gasteiger partial charge in [0.15, 0.2) is 0 Å². The first-order valence-corrected chi connectivity index (χ1v) is 6.48. The van der Waals surface area contributed by atoms with E-state index in [-0.39, 0.29) is 0 Å².